The molecule has 3 rings (SSSR count). The van der Waals surface area contributed by atoms with E-state index in [0.29, 0.717) is 13.1 Å². The maximum Gasteiger partial charge on any atom is 0.227 e. The van der Waals surface area contributed by atoms with Gasteiger partial charge in [-0.15, -0.1) is 0 Å². The molecule has 2 amide bonds. The van der Waals surface area contributed by atoms with E-state index >= 15 is 0 Å². The molecule has 6 nitrogen and oxygen atoms in total. The number of methoxy groups -OCH3 is 1. The lowest BCUT2D eigenvalue weighted by molar-refractivity contribution is -0.126. The van der Waals surface area contributed by atoms with Crippen molar-refractivity contribution >= 4 is 17.5 Å². The highest BCUT2D eigenvalue weighted by molar-refractivity contribution is 6.00. The summed E-state index contributed by atoms with van der Waals surface area (Å²) in [4.78, 5) is 29.1. The highest BCUT2D eigenvalue weighted by Crippen LogP contribution is 2.27. The molecule has 160 valence electrons. The van der Waals surface area contributed by atoms with Crippen LogP contribution in [0.2, 0.25) is 0 Å². The Balaban J connectivity index is 1.52. The van der Waals surface area contributed by atoms with Gasteiger partial charge < -0.3 is 15.0 Å². The Morgan fingerprint density at radius 1 is 1.07 bits per heavy atom. The molecule has 0 radical (unpaired) electrons. The average molecular weight is 410 g/mol. The predicted molar refractivity (Wildman–Crippen MR) is 118 cm³/mol. The van der Waals surface area contributed by atoms with E-state index in [1.54, 1.807) is 12.0 Å². The fraction of sp³-hybridized carbons (Fsp3) is 0.417. The number of anilines is 1. The van der Waals surface area contributed by atoms with E-state index in [1.165, 1.54) is 5.56 Å². The minimum atomic E-state index is -0.332. The monoisotopic (exact) mass is 409 g/mol. The van der Waals surface area contributed by atoms with Crippen molar-refractivity contribution in [2.75, 3.05) is 31.6 Å². The molecule has 30 heavy (non-hydrogen) atoms. The van der Waals surface area contributed by atoms with Crippen molar-refractivity contribution in [3.05, 3.63) is 59.7 Å². The number of nitrogens with one attached hydrogen (secondary N) is 1. The second-order valence-corrected chi connectivity index (χ2v) is 7.60. The van der Waals surface area contributed by atoms with Gasteiger partial charge >= 0.3 is 0 Å². The van der Waals surface area contributed by atoms with Gasteiger partial charge in [0.15, 0.2) is 0 Å². The van der Waals surface area contributed by atoms with Gasteiger partial charge in [-0.2, -0.15) is 0 Å². The SMILES string of the molecule is CCN(CC)Cc1ccc(CNC(=O)C2CC(=O)N(c3ccc(OC)cc3)C2)cc1. The maximum atomic E-state index is 12.6. The Morgan fingerprint density at radius 3 is 2.30 bits per heavy atom. The van der Waals surface area contributed by atoms with Gasteiger partial charge in [-0.3, -0.25) is 14.5 Å². The maximum absolute atomic E-state index is 12.6. The largest absolute Gasteiger partial charge is 0.497 e. The van der Waals surface area contributed by atoms with E-state index < -0.39 is 0 Å². The number of rotatable bonds is 9. The van der Waals surface area contributed by atoms with E-state index in [4.69, 9.17) is 4.74 Å². The zero-order valence-electron chi connectivity index (χ0n) is 18.1. The Morgan fingerprint density at radius 2 is 1.70 bits per heavy atom. The normalized spacial score (nSPS) is 16.2. The molecule has 1 atom stereocenters. The molecule has 1 N–H and O–H groups in total. The van der Waals surface area contributed by atoms with Gasteiger partial charge in [0, 0.05) is 31.7 Å². The summed E-state index contributed by atoms with van der Waals surface area (Å²) in [5.41, 5.74) is 3.12. The number of carbonyl (C=O) groups excluding carboxylic acids is 2. The highest BCUT2D eigenvalue weighted by Gasteiger charge is 2.34. The Kier molecular flexibility index (Phi) is 7.46. The van der Waals surface area contributed by atoms with Gasteiger partial charge in [0.05, 0.1) is 13.0 Å². The molecule has 2 aromatic carbocycles. The van der Waals surface area contributed by atoms with Crippen LogP contribution in [0.5, 0.6) is 5.75 Å². The van der Waals surface area contributed by atoms with Gasteiger partial charge in [-0.25, -0.2) is 0 Å². The number of amides is 2. The van der Waals surface area contributed by atoms with Crippen LogP contribution >= 0.6 is 0 Å². The van der Waals surface area contributed by atoms with Crippen molar-refractivity contribution in [2.24, 2.45) is 5.92 Å². The van der Waals surface area contributed by atoms with Crippen molar-refractivity contribution in [3.8, 4) is 5.75 Å². The topological polar surface area (TPSA) is 61.9 Å². The van der Waals surface area contributed by atoms with E-state index in [2.05, 4.69) is 48.3 Å². The summed E-state index contributed by atoms with van der Waals surface area (Å²) in [6.45, 7) is 8.19. The van der Waals surface area contributed by atoms with Crippen LogP contribution in [0, 0.1) is 5.92 Å². The summed E-state index contributed by atoms with van der Waals surface area (Å²) >= 11 is 0. The molecule has 0 aliphatic carbocycles. The zero-order chi connectivity index (χ0) is 21.5. The molecule has 1 fully saturated rings. The van der Waals surface area contributed by atoms with Gasteiger partial charge in [-0.1, -0.05) is 38.1 Å². The predicted octanol–water partition coefficient (Wildman–Crippen LogP) is 3.21. The third-order valence-electron chi connectivity index (χ3n) is 5.67. The van der Waals surface area contributed by atoms with Crippen LogP contribution in [-0.4, -0.2) is 43.5 Å². The quantitative estimate of drug-likeness (QED) is 0.691. The molecule has 6 heteroatoms. The number of hydrogen-bond acceptors (Lipinski definition) is 4. The number of ether oxygens (including phenoxy) is 1. The lowest BCUT2D eigenvalue weighted by Gasteiger charge is -2.18. The summed E-state index contributed by atoms with van der Waals surface area (Å²) in [6, 6.07) is 15.7. The van der Waals surface area contributed by atoms with Crippen LogP contribution in [0.1, 0.15) is 31.4 Å². The molecule has 1 aliphatic heterocycles. The Hall–Kier alpha value is -2.86. The standard InChI is InChI=1S/C24H31N3O3/c1-4-26(5-2)16-19-8-6-18(7-9-19)15-25-24(29)20-14-23(28)27(17-20)21-10-12-22(30-3)13-11-21/h6-13,20H,4-5,14-17H2,1-3H3,(H,25,29). The van der Waals surface area contributed by atoms with E-state index in [1.807, 2.05) is 24.3 Å². The van der Waals surface area contributed by atoms with Crippen LogP contribution < -0.4 is 15.0 Å². The summed E-state index contributed by atoms with van der Waals surface area (Å²) in [5.74, 6) is 0.303. The first-order valence-electron chi connectivity index (χ1n) is 10.6. The van der Waals surface area contributed by atoms with E-state index in [-0.39, 0.29) is 24.2 Å². The molecule has 1 aliphatic rings. The molecule has 0 spiro atoms. The van der Waals surface area contributed by atoms with Gasteiger partial charge in [0.25, 0.3) is 0 Å². The smallest absolute Gasteiger partial charge is 0.227 e. The number of hydrogen-bond donors (Lipinski definition) is 1. The molecule has 0 aromatic heterocycles. The molecule has 1 saturated heterocycles. The number of benzene rings is 2. The van der Waals surface area contributed by atoms with Crippen molar-refractivity contribution in [1.82, 2.24) is 10.2 Å². The molecule has 2 aromatic rings. The fourth-order valence-corrected chi connectivity index (χ4v) is 3.70. The lowest BCUT2D eigenvalue weighted by atomic mass is 10.1. The van der Waals surface area contributed by atoms with Crippen molar-refractivity contribution in [2.45, 2.75) is 33.4 Å². The Labute approximate surface area is 178 Å². The van der Waals surface area contributed by atoms with Gasteiger partial charge in [0.2, 0.25) is 11.8 Å². The van der Waals surface area contributed by atoms with Crippen LogP contribution in [-0.2, 0) is 22.7 Å². The first kappa shape index (κ1) is 21.8. The number of carbonyl (C=O) groups is 2. The second-order valence-electron chi connectivity index (χ2n) is 7.60. The first-order chi connectivity index (χ1) is 14.5. The first-order valence-corrected chi connectivity index (χ1v) is 10.6. The highest BCUT2D eigenvalue weighted by atomic mass is 16.5. The minimum Gasteiger partial charge on any atom is -0.497 e. The van der Waals surface area contributed by atoms with E-state index in [9.17, 15) is 9.59 Å². The summed E-state index contributed by atoms with van der Waals surface area (Å²) in [6.07, 6.45) is 0.237. The summed E-state index contributed by atoms with van der Waals surface area (Å²) in [7, 11) is 1.61. The molecule has 1 heterocycles. The third kappa shape index (κ3) is 5.39. The molecule has 0 saturated carbocycles. The number of nitrogens with zero attached hydrogens (tertiary/aromatic N) is 2. The fourth-order valence-electron chi connectivity index (χ4n) is 3.70. The molecule has 0 bridgehead atoms. The average Bonchev–Trinajstić information content (AvgIpc) is 3.18. The Bertz CT molecular complexity index is 845. The second kappa shape index (κ2) is 10.3. The van der Waals surface area contributed by atoms with Crippen molar-refractivity contribution in [3.63, 3.8) is 0 Å². The van der Waals surface area contributed by atoms with Crippen molar-refractivity contribution < 1.29 is 14.3 Å². The molecular formula is C24H31N3O3. The van der Waals surface area contributed by atoms with Crippen LogP contribution in [0.3, 0.4) is 0 Å². The summed E-state index contributed by atoms with van der Waals surface area (Å²) < 4.78 is 5.16. The van der Waals surface area contributed by atoms with Crippen molar-refractivity contribution in [1.29, 1.82) is 0 Å². The lowest BCUT2D eigenvalue weighted by Crippen LogP contribution is -2.32. The van der Waals surface area contributed by atoms with Crippen LogP contribution in [0.25, 0.3) is 0 Å². The third-order valence-corrected chi connectivity index (χ3v) is 5.67. The van der Waals surface area contributed by atoms with E-state index in [0.717, 1.165) is 36.6 Å². The summed E-state index contributed by atoms with van der Waals surface area (Å²) in [5, 5.41) is 2.99. The zero-order valence-corrected chi connectivity index (χ0v) is 18.1. The molecule has 1 unspecified atom stereocenters. The minimum absolute atomic E-state index is 0.0268. The molecular weight excluding hydrogens is 378 g/mol. The van der Waals surface area contributed by atoms with Gasteiger partial charge in [-0.05, 0) is 48.5 Å². The van der Waals surface area contributed by atoms with Gasteiger partial charge in [0.1, 0.15) is 5.75 Å². The van der Waals surface area contributed by atoms with Crippen LogP contribution in [0.15, 0.2) is 48.5 Å². The van der Waals surface area contributed by atoms with Crippen LogP contribution in [0.4, 0.5) is 5.69 Å².